The molecule has 0 spiro atoms. The number of esters is 1. The highest BCUT2D eigenvalue weighted by atomic mass is 16.5. The number of nitrogens with zero attached hydrogens (tertiary/aromatic N) is 1. The van der Waals surface area contributed by atoms with E-state index in [4.69, 9.17) is 15.9 Å². The minimum atomic E-state index is -0.469. The lowest BCUT2D eigenvalue weighted by atomic mass is 10.0. The van der Waals surface area contributed by atoms with Crippen molar-refractivity contribution in [3.8, 4) is 16.9 Å². The van der Waals surface area contributed by atoms with E-state index in [0.717, 1.165) is 11.1 Å². The topological polar surface area (TPSA) is 109 Å². The molecular weight excluding hydrogens is 318 g/mol. The quantitative estimate of drug-likeness (QED) is 0.386. The zero-order valence-electron chi connectivity index (χ0n) is 13.6. The van der Waals surface area contributed by atoms with E-state index in [1.807, 2.05) is 6.07 Å². The molecule has 0 saturated heterocycles. The van der Waals surface area contributed by atoms with Crippen LogP contribution >= 0.6 is 0 Å². The first-order chi connectivity index (χ1) is 12.0. The lowest BCUT2D eigenvalue weighted by molar-refractivity contribution is 0.0528. The minimum Gasteiger partial charge on any atom is -0.506 e. The number of nitrogens with one attached hydrogen (secondary N) is 1. The standard InChI is InChI=1S/C19H17N3O3/c1-2-25-19(24)14-6-7-16(23)17-15(14)9-13(10-22-17)11-4-3-5-12(8-11)18(20)21/h3-10,23H,2H2,1H3,(H3,20,21). The number of phenolic OH excluding ortho intramolecular Hbond substituents is 1. The van der Waals surface area contributed by atoms with Gasteiger partial charge in [0.05, 0.1) is 12.2 Å². The van der Waals surface area contributed by atoms with Crippen LogP contribution in [0.15, 0.2) is 48.7 Å². The Bertz CT molecular complexity index is 983. The van der Waals surface area contributed by atoms with Gasteiger partial charge in [0.15, 0.2) is 0 Å². The average Bonchev–Trinajstić information content (AvgIpc) is 2.62. The molecule has 1 heterocycles. The fraction of sp³-hybridized carbons (Fsp3) is 0.105. The first kappa shape index (κ1) is 16.4. The summed E-state index contributed by atoms with van der Waals surface area (Å²) in [4.78, 5) is 16.5. The molecule has 4 N–H and O–H groups in total. The summed E-state index contributed by atoms with van der Waals surface area (Å²) in [6, 6.07) is 11.9. The van der Waals surface area contributed by atoms with Gasteiger partial charge in [0.1, 0.15) is 17.1 Å². The molecule has 0 aliphatic rings. The summed E-state index contributed by atoms with van der Waals surface area (Å²) in [5.74, 6) is -0.503. The minimum absolute atomic E-state index is 0.00733. The zero-order chi connectivity index (χ0) is 18.0. The third kappa shape index (κ3) is 3.14. The van der Waals surface area contributed by atoms with E-state index >= 15 is 0 Å². The molecule has 0 aliphatic heterocycles. The van der Waals surface area contributed by atoms with Crippen LogP contribution in [0.4, 0.5) is 0 Å². The molecule has 1 aromatic heterocycles. The van der Waals surface area contributed by atoms with Crippen LogP contribution < -0.4 is 5.73 Å². The number of hydrogen-bond donors (Lipinski definition) is 3. The molecular formula is C19H17N3O3. The van der Waals surface area contributed by atoms with E-state index in [0.29, 0.717) is 22.0 Å². The van der Waals surface area contributed by atoms with Crippen molar-refractivity contribution in [3.63, 3.8) is 0 Å². The van der Waals surface area contributed by atoms with E-state index in [1.165, 1.54) is 12.1 Å². The van der Waals surface area contributed by atoms with Crippen LogP contribution in [0.25, 0.3) is 22.0 Å². The van der Waals surface area contributed by atoms with Gasteiger partial charge in [-0.25, -0.2) is 4.79 Å². The highest BCUT2D eigenvalue weighted by Crippen LogP contribution is 2.30. The summed E-state index contributed by atoms with van der Waals surface area (Å²) in [5.41, 5.74) is 8.36. The molecule has 2 aromatic carbocycles. The number of phenols is 1. The number of benzene rings is 2. The van der Waals surface area contributed by atoms with Crippen LogP contribution in [0, 0.1) is 5.41 Å². The van der Waals surface area contributed by atoms with E-state index in [2.05, 4.69) is 4.98 Å². The Morgan fingerprint density at radius 3 is 2.76 bits per heavy atom. The number of nitrogen functional groups attached to an aromatic ring is 1. The van der Waals surface area contributed by atoms with Gasteiger partial charge >= 0.3 is 5.97 Å². The predicted octanol–water partition coefficient (Wildman–Crippen LogP) is 3.07. The van der Waals surface area contributed by atoms with Gasteiger partial charge in [0.25, 0.3) is 0 Å². The second kappa shape index (κ2) is 6.60. The fourth-order valence-corrected chi connectivity index (χ4v) is 2.62. The second-order valence-corrected chi connectivity index (χ2v) is 5.47. The van der Waals surface area contributed by atoms with Crippen molar-refractivity contribution in [2.75, 3.05) is 6.61 Å². The summed E-state index contributed by atoms with van der Waals surface area (Å²) < 4.78 is 5.08. The molecule has 0 bridgehead atoms. The number of rotatable bonds is 4. The Morgan fingerprint density at radius 1 is 1.24 bits per heavy atom. The van der Waals surface area contributed by atoms with Crippen molar-refractivity contribution in [2.45, 2.75) is 6.92 Å². The zero-order valence-corrected chi connectivity index (χ0v) is 13.6. The summed E-state index contributed by atoms with van der Waals surface area (Å²) in [6.45, 7) is 1.99. The van der Waals surface area contributed by atoms with Crippen LogP contribution in [0.3, 0.4) is 0 Å². The number of pyridine rings is 1. The van der Waals surface area contributed by atoms with E-state index < -0.39 is 5.97 Å². The van der Waals surface area contributed by atoms with Crippen molar-refractivity contribution in [2.24, 2.45) is 5.73 Å². The average molecular weight is 335 g/mol. The van der Waals surface area contributed by atoms with Gasteiger partial charge in [-0.3, -0.25) is 10.4 Å². The number of fused-ring (bicyclic) bond motifs is 1. The number of hydrogen-bond acceptors (Lipinski definition) is 5. The van der Waals surface area contributed by atoms with E-state index in [-0.39, 0.29) is 18.2 Å². The second-order valence-electron chi connectivity index (χ2n) is 5.47. The van der Waals surface area contributed by atoms with Crippen molar-refractivity contribution in [1.82, 2.24) is 4.98 Å². The third-order valence-corrected chi connectivity index (χ3v) is 3.83. The van der Waals surface area contributed by atoms with Gasteiger partial charge in [-0.05, 0) is 36.8 Å². The number of ether oxygens (including phenoxy) is 1. The maximum atomic E-state index is 12.2. The molecule has 0 atom stereocenters. The molecule has 3 rings (SSSR count). The Balaban J connectivity index is 2.19. The van der Waals surface area contributed by atoms with E-state index in [9.17, 15) is 9.90 Å². The Morgan fingerprint density at radius 2 is 2.04 bits per heavy atom. The summed E-state index contributed by atoms with van der Waals surface area (Å²) in [6.07, 6.45) is 1.61. The first-order valence-corrected chi connectivity index (χ1v) is 7.75. The molecule has 0 unspecified atom stereocenters. The van der Waals surface area contributed by atoms with Crippen LogP contribution in [0.2, 0.25) is 0 Å². The van der Waals surface area contributed by atoms with Crippen LogP contribution in [-0.2, 0) is 4.74 Å². The smallest absolute Gasteiger partial charge is 0.338 e. The molecule has 0 fully saturated rings. The van der Waals surface area contributed by atoms with Crippen molar-refractivity contribution >= 4 is 22.7 Å². The Kier molecular flexibility index (Phi) is 4.35. The third-order valence-electron chi connectivity index (χ3n) is 3.83. The SMILES string of the molecule is CCOC(=O)c1ccc(O)c2ncc(-c3cccc(C(=N)N)c3)cc12. The normalized spacial score (nSPS) is 10.6. The molecule has 0 aliphatic carbocycles. The maximum Gasteiger partial charge on any atom is 0.338 e. The number of carbonyl (C=O) groups excluding carboxylic acids is 1. The van der Waals surface area contributed by atoms with Crippen molar-refractivity contribution in [3.05, 3.63) is 59.8 Å². The van der Waals surface area contributed by atoms with Crippen molar-refractivity contribution in [1.29, 1.82) is 5.41 Å². The number of carbonyl (C=O) groups is 1. The summed E-state index contributed by atoms with van der Waals surface area (Å²) >= 11 is 0. The predicted molar refractivity (Wildman–Crippen MR) is 95.8 cm³/mol. The monoisotopic (exact) mass is 335 g/mol. The van der Waals surface area contributed by atoms with Crippen LogP contribution in [0.1, 0.15) is 22.8 Å². The summed E-state index contributed by atoms with van der Waals surface area (Å²) in [5, 5.41) is 18.1. The van der Waals surface area contributed by atoms with Crippen LogP contribution in [-0.4, -0.2) is 28.5 Å². The lowest BCUT2D eigenvalue weighted by Crippen LogP contribution is -2.10. The fourth-order valence-electron chi connectivity index (χ4n) is 2.62. The number of amidine groups is 1. The lowest BCUT2D eigenvalue weighted by Gasteiger charge is -2.10. The van der Waals surface area contributed by atoms with Gasteiger partial charge < -0.3 is 15.6 Å². The van der Waals surface area contributed by atoms with Gasteiger partial charge in [0, 0.05) is 22.7 Å². The Labute approximate surface area is 144 Å². The Hall–Kier alpha value is -3.41. The highest BCUT2D eigenvalue weighted by Gasteiger charge is 2.15. The highest BCUT2D eigenvalue weighted by molar-refractivity contribution is 6.06. The van der Waals surface area contributed by atoms with Crippen molar-refractivity contribution < 1.29 is 14.6 Å². The molecule has 25 heavy (non-hydrogen) atoms. The molecule has 0 radical (unpaired) electrons. The number of aromatic nitrogens is 1. The largest absolute Gasteiger partial charge is 0.506 e. The van der Waals surface area contributed by atoms with Gasteiger partial charge in [-0.2, -0.15) is 0 Å². The molecule has 0 amide bonds. The molecule has 6 nitrogen and oxygen atoms in total. The molecule has 3 aromatic rings. The number of aromatic hydroxyl groups is 1. The van der Waals surface area contributed by atoms with Crippen LogP contribution in [0.5, 0.6) is 5.75 Å². The molecule has 6 heteroatoms. The van der Waals surface area contributed by atoms with Gasteiger partial charge in [0.2, 0.25) is 0 Å². The maximum absolute atomic E-state index is 12.2. The first-order valence-electron chi connectivity index (χ1n) is 7.75. The molecule has 126 valence electrons. The summed E-state index contributed by atoms with van der Waals surface area (Å²) in [7, 11) is 0. The van der Waals surface area contributed by atoms with Gasteiger partial charge in [-0.15, -0.1) is 0 Å². The number of nitrogens with two attached hydrogens (primary N) is 1. The van der Waals surface area contributed by atoms with E-state index in [1.54, 1.807) is 37.4 Å². The molecule has 0 saturated carbocycles. The van der Waals surface area contributed by atoms with Gasteiger partial charge in [-0.1, -0.05) is 18.2 Å².